The van der Waals surface area contributed by atoms with E-state index in [1.807, 2.05) is 12.1 Å². The lowest BCUT2D eigenvalue weighted by Crippen LogP contribution is -2.26. The second kappa shape index (κ2) is 6.79. The van der Waals surface area contributed by atoms with Crippen molar-refractivity contribution in [2.24, 2.45) is 0 Å². The van der Waals surface area contributed by atoms with Crippen LogP contribution in [-0.2, 0) is 17.5 Å². The van der Waals surface area contributed by atoms with Gasteiger partial charge in [-0.3, -0.25) is 4.79 Å². The van der Waals surface area contributed by atoms with Crippen LogP contribution in [0.25, 0.3) is 0 Å². The van der Waals surface area contributed by atoms with Crippen LogP contribution in [0.15, 0.2) is 48.7 Å². The minimum Gasteiger partial charge on any atom is -0.454 e. The highest BCUT2D eigenvalue weighted by atomic mass is 19.4. The molecule has 2 aromatic carbocycles. The number of aromatic nitrogens is 2. The van der Waals surface area contributed by atoms with Crippen LogP contribution < -0.4 is 14.8 Å². The molecule has 9 heteroatoms. The number of hydrogen-bond donors (Lipinski definition) is 1. The SMILES string of the molecule is O=C1C[C@@H](c2ccccc2C(F)(F)F)c2cnn(Cc3ccc4c(c3)OCO4)c2N1. The third kappa shape index (κ3) is 3.16. The summed E-state index contributed by atoms with van der Waals surface area (Å²) in [5, 5.41) is 7.10. The summed E-state index contributed by atoms with van der Waals surface area (Å²) in [6.07, 6.45) is -3.05. The number of hydrogen-bond acceptors (Lipinski definition) is 4. The fourth-order valence-corrected chi connectivity index (χ4v) is 3.94. The first-order valence-electron chi connectivity index (χ1n) is 9.30. The molecule has 1 aromatic heterocycles. The van der Waals surface area contributed by atoms with Gasteiger partial charge in [0.05, 0.1) is 18.3 Å². The average Bonchev–Trinajstić information content (AvgIpc) is 3.34. The molecule has 0 spiro atoms. The zero-order chi connectivity index (χ0) is 20.9. The summed E-state index contributed by atoms with van der Waals surface area (Å²) in [5.74, 6) is 0.604. The van der Waals surface area contributed by atoms with Crippen molar-refractivity contribution >= 4 is 11.7 Å². The number of benzene rings is 2. The normalized spacial score (nSPS) is 17.6. The summed E-state index contributed by atoms with van der Waals surface area (Å²) in [6, 6.07) is 10.8. The maximum atomic E-state index is 13.5. The smallest absolute Gasteiger partial charge is 0.416 e. The van der Waals surface area contributed by atoms with Gasteiger partial charge in [0.2, 0.25) is 12.7 Å². The van der Waals surface area contributed by atoms with Crippen LogP contribution in [0.3, 0.4) is 0 Å². The highest BCUT2D eigenvalue weighted by Crippen LogP contribution is 2.43. The predicted molar refractivity (Wildman–Crippen MR) is 100 cm³/mol. The Morgan fingerprint density at radius 1 is 1.10 bits per heavy atom. The van der Waals surface area contributed by atoms with Gasteiger partial charge >= 0.3 is 6.18 Å². The third-order valence-corrected chi connectivity index (χ3v) is 5.30. The lowest BCUT2D eigenvalue weighted by molar-refractivity contribution is -0.138. The van der Waals surface area contributed by atoms with Crippen molar-refractivity contribution in [2.75, 3.05) is 12.1 Å². The van der Waals surface area contributed by atoms with Crippen molar-refractivity contribution in [1.82, 2.24) is 9.78 Å². The molecule has 3 aromatic rings. The molecule has 0 radical (unpaired) electrons. The zero-order valence-corrected chi connectivity index (χ0v) is 15.6. The minimum absolute atomic E-state index is 0.0729. The van der Waals surface area contributed by atoms with Gasteiger partial charge in [-0.1, -0.05) is 24.3 Å². The molecule has 6 nitrogen and oxygen atoms in total. The lowest BCUT2D eigenvalue weighted by atomic mass is 9.84. The molecule has 1 amide bonds. The minimum atomic E-state index is -4.51. The molecule has 0 bridgehead atoms. The molecular weight excluding hydrogens is 399 g/mol. The molecule has 0 unspecified atom stereocenters. The molecule has 30 heavy (non-hydrogen) atoms. The van der Waals surface area contributed by atoms with Gasteiger partial charge in [0.15, 0.2) is 11.5 Å². The first-order chi connectivity index (χ1) is 14.4. The fraction of sp³-hybridized carbons (Fsp3) is 0.238. The Hall–Kier alpha value is -3.49. The maximum Gasteiger partial charge on any atom is 0.416 e. The Balaban J connectivity index is 1.52. The Morgan fingerprint density at radius 2 is 1.90 bits per heavy atom. The number of rotatable bonds is 3. The van der Waals surface area contributed by atoms with Crippen LogP contribution in [0.4, 0.5) is 19.0 Å². The molecule has 2 aliphatic rings. The van der Waals surface area contributed by atoms with E-state index in [1.54, 1.807) is 16.8 Å². The number of amides is 1. The molecule has 0 saturated heterocycles. The molecule has 1 N–H and O–H groups in total. The van der Waals surface area contributed by atoms with Crippen molar-refractivity contribution in [1.29, 1.82) is 0 Å². The summed E-state index contributed by atoms with van der Waals surface area (Å²) >= 11 is 0. The summed E-state index contributed by atoms with van der Waals surface area (Å²) in [7, 11) is 0. The standard InChI is InChI=1S/C21H16F3N3O3/c22-21(23,24)16-4-2-1-3-13(16)14-8-19(28)26-20-15(14)9-25-27(20)10-12-5-6-17-18(7-12)30-11-29-17/h1-7,9,14H,8,10-11H2,(H,26,28)/t14-/m0/s1. The van der Waals surface area contributed by atoms with Gasteiger partial charge < -0.3 is 14.8 Å². The van der Waals surface area contributed by atoms with Crippen molar-refractivity contribution in [3.05, 3.63) is 70.9 Å². The Bertz CT molecular complexity index is 1140. The Labute approximate surface area is 169 Å². The van der Waals surface area contributed by atoms with Crippen LogP contribution in [0, 0.1) is 0 Å². The number of carbonyl (C=O) groups excluding carboxylic acids is 1. The largest absolute Gasteiger partial charge is 0.454 e. The zero-order valence-electron chi connectivity index (χ0n) is 15.6. The fourth-order valence-electron chi connectivity index (χ4n) is 3.94. The van der Waals surface area contributed by atoms with E-state index in [0.717, 1.165) is 11.6 Å². The highest BCUT2D eigenvalue weighted by Gasteiger charge is 2.38. The number of ether oxygens (including phenoxy) is 2. The molecule has 154 valence electrons. The highest BCUT2D eigenvalue weighted by molar-refractivity contribution is 5.94. The van der Waals surface area contributed by atoms with Gasteiger partial charge in [-0.25, -0.2) is 4.68 Å². The summed E-state index contributed by atoms with van der Waals surface area (Å²) in [6.45, 7) is 0.478. The van der Waals surface area contributed by atoms with E-state index in [-0.39, 0.29) is 24.7 Å². The molecule has 0 aliphatic carbocycles. The van der Waals surface area contributed by atoms with Gasteiger partial charge in [-0.15, -0.1) is 0 Å². The monoisotopic (exact) mass is 415 g/mol. The Morgan fingerprint density at radius 3 is 2.73 bits per heavy atom. The van der Waals surface area contributed by atoms with Crippen LogP contribution >= 0.6 is 0 Å². The quantitative estimate of drug-likeness (QED) is 0.698. The topological polar surface area (TPSA) is 65.4 Å². The first-order valence-corrected chi connectivity index (χ1v) is 9.30. The molecular formula is C21H16F3N3O3. The number of anilines is 1. The average molecular weight is 415 g/mol. The maximum absolute atomic E-state index is 13.5. The number of fused-ring (bicyclic) bond motifs is 2. The van der Waals surface area contributed by atoms with Gasteiger partial charge in [-0.05, 0) is 29.3 Å². The number of alkyl halides is 3. The van der Waals surface area contributed by atoms with Gasteiger partial charge in [0, 0.05) is 17.9 Å². The number of halogens is 3. The van der Waals surface area contributed by atoms with E-state index < -0.39 is 17.7 Å². The lowest BCUT2D eigenvalue weighted by Gasteiger charge is -2.26. The van der Waals surface area contributed by atoms with E-state index in [0.29, 0.717) is 29.4 Å². The van der Waals surface area contributed by atoms with Crippen molar-refractivity contribution in [3.63, 3.8) is 0 Å². The number of carbonyl (C=O) groups is 1. The molecule has 2 aliphatic heterocycles. The Kier molecular flexibility index (Phi) is 4.19. The van der Waals surface area contributed by atoms with Crippen LogP contribution in [0.1, 0.15) is 34.6 Å². The summed E-state index contributed by atoms with van der Waals surface area (Å²) < 4.78 is 52.9. The second-order valence-corrected chi connectivity index (χ2v) is 7.18. The molecule has 0 saturated carbocycles. The van der Waals surface area contributed by atoms with E-state index in [1.165, 1.54) is 18.3 Å². The molecule has 5 rings (SSSR count). The predicted octanol–water partition coefficient (Wildman–Crippen LogP) is 4.15. The summed E-state index contributed by atoms with van der Waals surface area (Å²) in [4.78, 5) is 12.4. The first kappa shape index (κ1) is 18.5. The van der Waals surface area contributed by atoms with Gasteiger partial charge in [-0.2, -0.15) is 18.3 Å². The number of nitrogens with zero attached hydrogens (tertiary/aromatic N) is 2. The van der Waals surface area contributed by atoms with Crippen molar-refractivity contribution in [2.45, 2.75) is 25.1 Å². The number of nitrogens with one attached hydrogen (secondary N) is 1. The van der Waals surface area contributed by atoms with Crippen LogP contribution in [0.2, 0.25) is 0 Å². The van der Waals surface area contributed by atoms with Crippen molar-refractivity contribution in [3.8, 4) is 11.5 Å². The second-order valence-electron chi connectivity index (χ2n) is 7.18. The molecule has 0 fully saturated rings. The summed E-state index contributed by atoms with van der Waals surface area (Å²) in [5.41, 5.74) is 0.757. The van der Waals surface area contributed by atoms with Crippen molar-refractivity contribution < 1.29 is 27.4 Å². The van der Waals surface area contributed by atoms with E-state index in [2.05, 4.69) is 10.4 Å². The van der Waals surface area contributed by atoms with Gasteiger partial charge in [0.25, 0.3) is 0 Å². The third-order valence-electron chi connectivity index (χ3n) is 5.30. The van der Waals surface area contributed by atoms with E-state index in [4.69, 9.17) is 9.47 Å². The van der Waals surface area contributed by atoms with Crippen LogP contribution in [-0.4, -0.2) is 22.5 Å². The molecule has 1 atom stereocenters. The van der Waals surface area contributed by atoms with Gasteiger partial charge in [0.1, 0.15) is 5.82 Å². The molecule has 3 heterocycles. The van der Waals surface area contributed by atoms with E-state index in [9.17, 15) is 18.0 Å². The van der Waals surface area contributed by atoms with Crippen LogP contribution in [0.5, 0.6) is 11.5 Å². The van der Waals surface area contributed by atoms with E-state index >= 15 is 0 Å².